The van der Waals surface area contributed by atoms with Crippen LogP contribution in [0.25, 0.3) is 10.8 Å². The number of hydrogen-bond donors (Lipinski definition) is 2. The Hall–Kier alpha value is -3.59. The van der Waals surface area contributed by atoms with Gasteiger partial charge in [0, 0.05) is 17.6 Å². The van der Waals surface area contributed by atoms with Crippen LogP contribution in [0.4, 0.5) is 5.69 Å². The van der Waals surface area contributed by atoms with Crippen molar-refractivity contribution in [2.45, 2.75) is 25.2 Å². The summed E-state index contributed by atoms with van der Waals surface area (Å²) in [5, 5.41) is 16.8. The van der Waals surface area contributed by atoms with Crippen LogP contribution in [0, 0.1) is 0 Å². The number of benzene rings is 2. The minimum absolute atomic E-state index is 0.125. The van der Waals surface area contributed by atoms with Crippen molar-refractivity contribution in [1.29, 1.82) is 0 Å². The first-order valence-electron chi connectivity index (χ1n) is 9.80. The number of aromatic nitrogens is 3. The maximum atomic E-state index is 12.5. The van der Waals surface area contributed by atoms with Gasteiger partial charge in [-0.1, -0.05) is 48.2 Å². The van der Waals surface area contributed by atoms with Crippen molar-refractivity contribution in [3.63, 3.8) is 0 Å². The molecule has 0 aliphatic heterocycles. The molecule has 0 radical (unpaired) electrons. The van der Waals surface area contributed by atoms with Gasteiger partial charge in [0.15, 0.2) is 16.7 Å². The van der Waals surface area contributed by atoms with Gasteiger partial charge < -0.3 is 19.6 Å². The highest BCUT2D eigenvalue weighted by Crippen LogP contribution is 2.24. The molecule has 2 amide bonds. The van der Waals surface area contributed by atoms with Crippen LogP contribution in [0.15, 0.2) is 70.4 Å². The van der Waals surface area contributed by atoms with E-state index in [0.29, 0.717) is 17.5 Å². The molecular weight excluding hydrogens is 414 g/mol. The number of amides is 2. The number of carbonyl (C=O) groups excluding carboxylic acids is 2. The number of rotatable bonds is 8. The van der Waals surface area contributed by atoms with E-state index in [1.54, 1.807) is 12.1 Å². The minimum atomic E-state index is -0.320. The van der Waals surface area contributed by atoms with Crippen molar-refractivity contribution in [3.05, 3.63) is 72.4 Å². The van der Waals surface area contributed by atoms with Gasteiger partial charge in [0.05, 0.1) is 18.6 Å². The molecule has 158 valence electrons. The number of carbonyl (C=O) groups is 2. The van der Waals surface area contributed by atoms with Crippen LogP contribution in [0.2, 0.25) is 0 Å². The molecule has 8 nitrogen and oxygen atoms in total. The molecule has 0 unspecified atom stereocenters. The Labute approximate surface area is 183 Å². The first kappa shape index (κ1) is 20.7. The number of fused-ring (bicyclic) bond motifs is 1. The molecule has 4 aromatic rings. The normalized spacial score (nSPS) is 10.9. The summed E-state index contributed by atoms with van der Waals surface area (Å²) in [5.41, 5.74) is 0.780. The van der Waals surface area contributed by atoms with E-state index in [4.69, 9.17) is 4.42 Å². The van der Waals surface area contributed by atoms with Crippen LogP contribution in [0.3, 0.4) is 0 Å². The van der Waals surface area contributed by atoms with Crippen molar-refractivity contribution in [3.8, 4) is 0 Å². The van der Waals surface area contributed by atoms with E-state index in [1.807, 2.05) is 54.0 Å². The number of nitrogens with zero attached hydrogens (tertiary/aromatic N) is 3. The second-order valence-electron chi connectivity index (χ2n) is 6.67. The van der Waals surface area contributed by atoms with E-state index < -0.39 is 0 Å². The Morgan fingerprint density at radius 2 is 1.90 bits per heavy atom. The van der Waals surface area contributed by atoms with E-state index in [9.17, 15) is 9.59 Å². The summed E-state index contributed by atoms with van der Waals surface area (Å²) in [7, 11) is 0. The number of anilines is 1. The summed E-state index contributed by atoms with van der Waals surface area (Å²) in [6.07, 6.45) is 1.45. The molecular formula is C22H21N5O3S. The first-order valence-corrected chi connectivity index (χ1v) is 10.8. The van der Waals surface area contributed by atoms with Gasteiger partial charge in [-0.3, -0.25) is 9.59 Å². The van der Waals surface area contributed by atoms with Gasteiger partial charge >= 0.3 is 0 Å². The number of furan rings is 1. The predicted octanol–water partition coefficient (Wildman–Crippen LogP) is 3.71. The Bertz CT molecular complexity index is 1200. The molecule has 0 bridgehead atoms. The minimum Gasteiger partial charge on any atom is -0.459 e. The van der Waals surface area contributed by atoms with Crippen LogP contribution in [0.1, 0.15) is 23.3 Å². The first-order chi connectivity index (χ1) is 15.2. The molecule has 4 rings (SSSR count). The largest absolute Gasteiger partial charge is 0.459 e. The average Bonchev–Trinajstić information content (AvgIpc) is 3.46. The van der Waals surface area contributed by atoms with Crippen LogP contribution in [-0.2, 0) is 17.9 Å². The van der Waals surface area contributed by atoms with Crippen LogP contribution >= 0.6 is 11.8 Å². The van der Waals surface area contributed by atoms with Gasteiger partial charge in [-0.2, -0.15) is 0 Å². The number of thioether (sulfide) groups is 1. The van der Waals surface area contributed by atoms with E-state index in [1.165, 1.54) is 18.0 Å². The summed E-state index contributed by atoms with van der Waals surface area (Å²) in [6, 6.07) is 17.0. The second kappa shape index (κ2) is 9.48. The van der Waals surface area contributed by atoms with E-state index in [2.05, 4.69) is 20.8 Å². The summed E-state index contributed by atoms with van der Waals surface area (Å²) in [5.74, 6) is 0.598. The lowest BCUT2D eigenvalue weighted by atomic mass is 10.1. The van der Waals surface area contributed by atoms with Crippen LogP contribution in [-0.4, -0.2) is 32.3 Å². The number of nitrogens with one attached hydrogen (secondary N) is 2. The highest BCUT2D eigenvalue weighted by Gasteiger charge is 2.15. The molecule has 9 heteroatoms. The standard InChI is InChI=1S/C22H21N5O3S/c1-2-27-19(13-23-21(29)18-11-6-12-30-18)25-26-22(27)31-14-20(28)24-17-10-5-8-15-7-3-4-9-16(15)17/h3-12H,2,13-14H2,1H3,(H,23,29)(H,24,28). The average molecular weight is 436 g/mol. The maximum Gasteiger partial charge on any atom is 0.287 e. The summed E-state index contributed by atoms with van der Waals surface area (Å²) >= 11 is 1.30. The monoisotopic (exact) mass is 435 g/mol. The third-order valence-electron chi connectivity index (χ3n) is 4.66. The molecule has 31 heavy (non-hydrogen) atoms. The van der Waals surface area contributed by atoms with Crippen LogP contribution < -0.4 is 10.6 Å². The Kier molecular flexibility index (Phi) is 6.32. The topological polar surface area (TPSA) is 102 Å². The second-order valence-corrected chi connectivity index (χ2v) is 7.61. The zero-order valence-electron chi connectivity index (χ0n) is 16.9. The van der Waals surface area contributed by atoms with Gasteiger partial charge in [0.25, 0.3) is 5.91 Å². The molecule has 0 saturated carbocycles. The molecule has 0 spiro atoms. The third kappa shape index (κ3) is 4.77. The summed E-state index contributed by atoms with van der Waals surface area (Å²) in [4.78, 5) is 24.6. The van der Waals surface area contributed by atoms with E-state index in [0.717, 1.165) is 16.5 Å². The Balaban J connectivity index is 1.37. The summed E-state index contributed by atoms with van der Waals surface area (Å²) < 4.78 is 6.96. The molecule has 0 fully saturated rings. The quantitative estimate of drug-likeness (QED) is 0.409. The highest BCUT2D eigenvalue weighted by molar-refractivity contribution is 7.99. The number of hydrogen-bond acceptors (Lipinski definition) is 6. The molecule has 2 N–H and O–H groups in total. The van der Waals surface area contributed by atoms with E-state index in [-0.39, 0.29) is 29.9 Å². The van der Waals surface area contributed by atoms with Crippen molar-refractivity contribution in [2.24, 2.45) is 0 Å². The molecule has 0 saturated heterocycles. The lowest BCUT2D eigenvalue weighted by molar-refractivity contribution is -0.113. The van der Waals surface area contributed by atoms with Gasteiger partial charge in [0.1, 0.15) is 0 Å². The van der Waals surface area contributed by atoms with Gasteiger partial charge in [-0.05, 0) is 30.5 Å². The Morgan fingerprint density at radius 1 is 1.06 bits per heavy atom. The molecule has 2 aromatic heterocycles. The molecule has 2 aromatic carbocycles. The summed E-state index contributed by atoms with van der Waals surface area (Å²) in [6.45, 7) is 2.79. The van der Waals surface area contributed by atoms with Crippen molar-refractivity contribution >= 4 is 40.0 Å². The van der Waals surface area contributed by atoms with Gasteiger partial charge in [-0.15, -0.1) is 10.2 Å². The molecule has 0 aliphatic rings. The lowest BCUT2D eigenvalue weighted by Crippen LogP contribution is -2.24. The maximum absolute atomic E-state index is 12.5. The van der Waals surface area contributed by atoms with Crippen molar-refractivity contribution in [1.82, 2.24) is 20.1 Å². The van der Waals surface area contributed by atoms with Crippen molar-refractivity contribution < 1.29 is 14.0 Å². The zero-order valence-corrected chi connectivity index (χ0v) is 17.7. The molecule has 2 heterocycles. The van der Waals surface area contributed by atoms with E-state index >= 15 is 0 Å². The third-order valence-corrected chi connectivity index (χ3v) is 5.62. The van der Waals surface area contributed by atoms with Crippen LogP contribution in [0.5, 0.6) is 0 Å². The van der Waals surface area contributed by atoms with Gasteiger partial charge in [-0.25, -0.2) is 0 Å². The Morgan fingerprint density at radius 3 is 2.71 bits per heavy atom. The molecule has 0 aliphatic carbocycles. The lowest BCUT2D eigenvalue weighted by Gasteiger charge is -2.09. The van der Waals surface area contributed by atoms with Gasteiger partial charge in [0.2, 0.25) is 5.91 Å². The fraction of sp³-hybridized carbons (Fsp3) is 0.182. The van der Waals surface area contributed by atoms with Crippen molar-refractivity contribution in [2.75, 3.05) is 11.1 Å². The SMILES string of the molecule is CCn1c(CNC(=O)c2ccco2)nnc1SCC(=O)Nc1cccc2ccccc12. The zero-order chi connectivity index (χ0) is 21.6. The fourth-order valence-corrected chi connectivity index (χ4v) is 4.00. The highest BCUT2D eigenvalue weighted by atomic mass is 32.2. The fourth-order valence-electron chi connectivity index (χ4n) is 3.18. The smallest absolute Gasteiger partial charge is 0.287 e. The molecule has 0 atom stereocenters. The predicted molar refractivity (Wildman–Crippen MR) is 119 cm³/mol.